The summed E-state index contributed by atoms with van der Waals surface area (Å²) >= 11 is 0. The molecule has 0 radical (unpaired) electrons. The second kappa shape index (κ2) is 7.14. The Morgan fingerprint density at radius 2 is 1.96 bits per heavy atom. The number of carbonyl (C=O) groups is 2. The minimum Gasteiger partial charge on any atom is -0.339 e. The number of para-hydroxylation sites is 1. The molecule has 0 saturated heterocycles. The zero-order valence-corrected chi connectivity index (χ0v) is 15.8. The van der Waals surface area contributed by atoms with Crippen LogP contribution in [0.1, 0.15) is 54.9 Å². The quantitative estimate of drug-likeness (QED) is 0.834. The Bertz CT molecular complexity index is 848. The second-order valence-electron chi connectivity index (χ2n) is 7.66. The average Bonchev–Trinajstić information content (AvgIpc) is 3.51. The number of nitrogens with zero attached hydrogens (tertiary/aromatic N) is 3. The highest BCUT2D eigenvalue weighted by Gasteiger charge is 2.38. The molecule has 1 aliphatic heterocycles. The van der Waals surface area contributed by atoms with E-state index in [1.807, 2.05) is 28.0 Å². The van der Waals surface area contributed by atoms with Crippen molar-refractivity contribution in [2.75, 3.05) is 11.4 Å². The molecular weight excluding hydrogens is 338 g/mol. The van der Waals surface area contributed by atoms with E-state index >= 15 is 0 Å². The zero-order valence-electron chi connectivity index (χ0n) is 15.8. The summed E-state index contributed by atoms with van der Waals surface area (Å²) in [4.78, 5) is 33.3. The van der Waals surface area contributed by atoms with Crippen molar-refractivity contribution in [3.8, 4) is 0 Å². The molecule has 1 aromatic heterocycles. The predicted octanol–water partition coefficient (Wildman–Crippen LogP) is 3.62. The Hall–Kier alpha value is -2.69. The van der Waals surface area contributed by atoms with E-state index in [9.17, 15) is 9.59 Å². The van der Waals surface area contributed by atoms with Gasteiger partial charge in [-0.15, -0.1) is 0 Å². The average molecular weight is 363 g/mol. The maximum absolute atomic E-state index is 13.1. The zero-order chi connectivity index (χ0) is 19.0. The number of rotatable bonds is 4. The number of pyridine rings is 1. The Morgan fingerprint density at radius 1 is 1.19 bits per heavy atom. The third-order valence-electron chi connectivity index (χ3n) is 5.64. The van der Waals surface area contributed by atoms with Crippen molar-refractivity contribution in [2.24, 2.45) is 0 Å². The first kappa shape index (κ1) is 17.7. The molecule has 5 nitrogen and oxygen atoms in total. The van der Waals surface area contributed by atoms with Gasteiger partial charge in [-0.25, -0.2) is 0 Å². The van der Waals surface area contributed by atoms with E-state index in [2.05, 4.69) is 18.0 Å². The van der Waals surface area contributed by atoms with Crippen LogP contribution >= 0.6 is 0 Å². The number of hydrogen-bond donors (Lipinski definition) is 0. The molecule has 1 aromatic carbocycles. The lowest BCUT2D eigenvalue weighted by Crippen LogP contribution is -2.45. The fourth-order valence-corrected chi connectivity index (χ4v) is 4.20. The van der Waals surface area contributed by atoms with Gasteiger partial charge in [-0.05, 0) is 49.9 Å². The molecule has 1 saturated carbocycles. The van der Waals surface area contributed by atoms with Crippen LogP contribution < -0.4 is 4.90 Å². The van der Waals surface area contributed by atoms with E-state index in [0.29, 0.717) is 11.6 Å². The van der Waals surface area contributed by atoms with Crippen LogP contribution in [-0.4, -0.2) is 40.3 Å². The molecule has 27 heavy (non-hydrogen) atoms. The third-order valence-corrected chi connectivity index (χ3v) is 5.64. The number of aromatic nitrogens is 1. The molecule has 0 spiro atoms. The summed E-state index contributed by atoms with van der Waals surface area (Å²) in [6.07, 6.45) is 6.35. The van der Waals surface area contributed by atoms with E-state index in [0.717, 1.165) is 37.1 Å². The first-order valence-electron chi connectivity index (χ1n) is 9.66. The summed E-state index contributed by atoms with van der Waals surface area (Å²) in [5.41, 5.74) is 2.70. The summed E-state index contributed by atoms with van der Waals surface area (Å²) in [7, 11) is 0. The van der Waals surface area contributed by atoms with Gasteiger partial charge >= 0.3 is 0 Å². The number of hydrogen-bond acceptors (Lipinski definition) is 3. The van der Waals surface area contributed by atoms with Gasteiger partial charge in [0.2, 0.25) is 5.91 Å². The topological polar surface area (TPSA) is 53.5 Å². The lowest BCUT2D eigenvalue weighted by Gasteiger charge is -2.41. The first-order chi connectivity index (χ1) is 13.1. The molecule has 0 unspecified atom stereocenters. The highest BCUT2D eigenvalue weighted by molar-refractivity contribution is 6.07. The van der Waals surface area contributed by atoms with Gasteiger partial charge in [0, 0.05) is 49.6 Å². The molecule has 2 amide bonds. The molecule has 2 aliphatic rings. The lowest BCUT2D eigenvalue weighted by atomic mass is 9.85. The fraction of sp³-hybridized carbons (Fsp3) is 0.409. The van der Waals surface area contributed by atoms with Crippen LogP contribution in [0.25, 0.3) is 0 Å². The number of fused-ring (bicyclic) bond motifs is 1. The number of benzene rings is 1. The molecule has 1 fully saturated rings. The molecule has 140 valence electrons. The Labute approximate surface area is 160 Å². The van der Waals surface area contributed by atoms with Crippen molar-refractivity contribution in [3.05, 3.63) is 59.9 Å². The minimum atomic E-state index is -0.0212. The van der Waals surface area contributed by atoms with Crippen LogP contribution in [0.5, 0.6) is 0 Å². The van der Waals surface area contributed by atoms with Crippen LogP contribution in [0.15, 0.2) is 48.8 Å². The maximum atomic E-state index is 13.1. The van der Waals surface area contributed by atoms with Crippen molar-refractivity contribution < 1.29 is 9.59 Å². The van der Waals surface area contributed by atoms with Crippen LogP contribution in [0, 0.1) is 0 Å². The highest BCUT2D eigenvalue weighted by atomic mass is 16.2. The number of amides is 2. The third kappa shape index (κ3) is 3.46. The normalized spacial score (nSPS) is 21.5. The van der Waals surface area contributed by atoms with Crippen LogP contribution in [0.4, 0.5) is 5.69 Å². The summed E-state index contributed by atoms with van der Waals surface area (Å²) in [6.45, 7) is 4.48. The van der Waals surface area contributed by atoms with Gasteiger partial charge in [-0.3, -0.25) is 14.6 Å². The minimum absolute atomic E-state index is 0.0212. The van der Waals surface area contributed by atoms with Crippen molar-refractivity contribution >= 4 is 17.5 Å². The summed E-state index contributed by atoms with van der Waals surface area (Å²) in [5, 5.41) is 0. The fourth-order valence-electron chi connectivity index (χ4n) is 4.20. The molecule has 2 atom stereocenters. The maximum Gasteiger partial charge on any atom is 0.260 e. The summed E-state index contributed by atoms with van der Waals surface area (Å²) in [5.74, 6) is 0.377. The first-order valence-corrected chi connectivity index (χ1v) is 9.66. The molecule has 2 heterocycles. The number of anilines is 1. The van der Waals surface area contributed by atoms with Gasteiger partial charge in [0.25, 0.3) is 5.91 Å². The summed E-state index contributed by atoms with van der Waals surface area (Å²) < 4.78 is 0. The second-order valence-corrected chi connectivity index (χ2v) is 7.66. The highest BCUT2D eigenvalue weighted by Crippen LogP contribution is 2.41. The van der Waals surface area contributed by atoms with Crippen LogP contribution in [0.2, 0.25) is 0 Å². The van der Waals surface area contributed by atoms with Gasteiger partial charge in [-0.2, -0.15) is 0 Å². The Balaban J connectivity index is 1.66. The molecule has 2 aromatic rings. The van der Waals surface area contributed by atoms with E-state index in [1.54, 1.807) is 31.5 Å². The van der Waals surface area contributed by atoms with Gasteiger partial charge in [0.1, 0.15) is 0 Å². The molecular formula is C22H25N3O2. The van der Waals surface area contributed by atoms with E-state index in [1.165, 1.54) is 0 Å². The van der Waals surface area contributed by atoms with Gasteiger partial charge in [0.05, 0.1) is 5.56 Å². The molecule has 5 heteroatoms. The van der Waals surface area contributed by atoms with Crippen LogP contribution in [-0.2, 0) is 4.79 Å². The molecule has 0 N–H and O–H groups in total. The molecule has 4 rings (SSSR count). The molecule has 1 aliphatic carbocycles. The van der Waals surface area contributed by atoms with E-state index < -0.39 is 0 Å². The Morgan fingerprint density at radius 3 is 2.63 bits per heavy atom. The predicted molar refractivity (Wildman–Crippen MR) is 105 cm³/mol. The molecule has 0 bridgehead atoms. The van der Waals surface area contributed by atoms with Crippen LogP contribution in [0.3, 0.4) is 0 Å². The van der Waals surface area contributed by atoms with Gasteiger partial charge in [0.15, 0.2) is 0 Å². The van der Waals surface area contributed by atoms with Gasteiger partial charge in [-0.1, -0.05) is 18.2 Å². The van der Waals surface area contributed by atoms with Crippen molar-refractivity contribution in [3.63, 3.8) is 0 Å². The van der Waals surface area contributed by atoms with Crippen molar-refractivity contribution in [2.45, 2.75) is 51.1 Å². The van der Waals surface area contributed by atoms with E-state index in [-0.39, 0.29) is 23.8 Å². The lowest BCUT2D eigenvalue weighted by molar-refractivity contribution is -0.129. The SMILES string of the molecule is CC(=O)N(C[C@H]1C[C@@H](C)N(C(=O)c2cccnc2)c2ccccc21)C1CC1. The monoisotopic (exact) mass is 363 g/mol. The van der Waals surface area contributed by atoms with Crippen molar-refractivity contribution in [1.29, 1.82) is 0 Å². The van der Waals surface area contributed by atoms with E-state index in [4.69, 9.17) is 0 Å². The standard InChI is InChI=1S/C22H25N3O2/c1-15-12-18(14-24(16(2)26)19-9-10-19)20-7-3-4-8-21(20)25(15)22(27)17-6-5-11-23-13-17/h3-8,11,13,15,18-19H,9-10,12,14H2,1-2H3/t15-,18-/m1/s1. The van der Waals surface area contributed by atoms with Crippen molar-refractivity contribution in [1.82, 2.24) is 9.88 Å². The smallest absolute Gasteiger partial charge is 0.260 e. The number of carbonyl (C=O) groups excluding carboxylic acids is 2. The Kier molecular flexibility index (Phi) is 4.68. The largest absolute Gasteiger partial charge is 0.339 e. The van der Waals surface area contributed by atoms with Gasteiger partial charge < -0.3 is 9.80 Å². The summed E-state index contributed by atoms with van der Waals surface area (Å²) in [6, 6.07) is 12.2.